The van der Waals surface area contributed by atoms with Gasteiger partial charge in [0.05, 0.1) is 6.04 Å². The van der Waals surface area contributed by atoms with Crippen molar-refractivity contribution in [2.75, 3.05) is 25.0 Å². The van der Waals surface area contributed by atoms with Crippen molar-refractivity contribution in [3.63, 3.8) is 0 Å². The number of hydrogen-bond donors (Lipinski definition) is 1. The van der Waals surface area contributed by atoms with E-state index in [1.54, 1.807) is 22.9 Å². The number of carbonyl (C=O) groups is 1. The first-order chi connectivity index (χ1) is 17.3. The molecule has 1 N–H and O–H groups in total. The van der Waals surface area contributed by atoms with Crippen molar-refractivity contribution in [3.8, 4) is 0 Å². The number of anilines is 1. The van der Waals surface area contributed by atoms with E-state index in [9.17, 15) is 9.59 Å². The molecule has 2 aromatic heterocycles. The predicted molar refractivity (Wildman–Crippen MR) is 144 cm³/mol. The summed E-state index contributed by atoms with van der Waals surface area (Å²) in [7, 11) is 0. The highest BCUT2D eigenvalue weighted by Gasteiger charge is 2.30. The molecule has 0 radical (unpaired) electrons. The Morgan fingerprint density at radius 3 is 2.58 bits per heavy atom. The smallest absolute Gasteiger partial charge is 0.252 e. The highest BCUT2D eigenvalue weighted by molar-refractivity contribution is 5.87. The molecule has 0 saturated carbocycles. The number of hydrogen-bond acceptors (Lipinski definition) is 6. The van der Waals surface area contributed by atoms with Gasteiger partial charge in [-0.2, -0.15) is 4.98 Å². The first-order valence-electron chi connectivity index (χ1n) is 12.7. The number of fused-ring (bicyclic) bond motifs is 1. The van der Waals surface area contributed by atoms with E-state index in [0.717, 1.165) is 37.1 Å². The van der Waals surface area contributed by atoms with Gasteiger partial charge >= 0.3 is 0 Å². The average Bonchev–Trinajstić information content (AvgIpc) is 2.88. The number of rotatable bonds is 8. The van der Waals surface area contributed by atoms with Gasteiger partial charge in [-0.25, -0.2) is 4.98 Å². The minimum Gasteiger partial charge on any atom is -0.348 e. The van der Waals surface area contributed by atoms with E-state index in [1.165, 1.54) is 11.6 Å². The van der Waals surface area contributed by atoms with Crippen molar-refractivity contribution in [1.82, 2.24) is 24.3 Å². The van der Waals surface area contributed by atoms with Crippen LogP contribution in [0.2, 0.25) is 0 Å². The second-order valence-corrected chi connectivity index (χ2v) is 9.77. The van der Waals surface area contributed by atoms with Gasteiger partial charge in [0, 0.05) is 56.4 Å². The fourth-order valence-electron chi connectivity index (χ4n) is 4.88. The maximum atomic E-state index is 12.2. The van der Waals surface area contributed by atoms with E-state index in [-0.39, 0.29) is 17.5 Å². The van der Waals surface area contributed by atoms with Crippen molar-refractivity contribution < 1.29 is 4.79 Å². The molecule has 8 heteroatoms. The lowest BCUT2D eigenvalue weighted by Crippen LogP contribution is -2.55. The summed E-state index contributed by atoms with van der Waals surface area (Å²) in [6.45, 7) is 15.8. The molecule has 1 saturated heterocycles. The summed E-state index contributed by atoms with van der Waals surface area (Å²) < 4.78 is 1.65. The lowest BCUT2D eigenvalue weighted by molar-refractivity contribution is -0.129. The lowest BCUT2D eigenvalue weighted by atomic mass is 9.98. The molecule has 1 aliphatic heterocycles. The van der Waals surface area contributed by atoms with Gasteiger partial charge in [-0.3, -0.25) is 19.1 Å². The number of amides is 1. The number of pyridine rings is 1. The molecule has 1 aromatic carbocycles. The molecule has 3 aromatic rings. The number of nitrogens with one attached hydrogen (secondary N) is 1. The van der Waals surface area contributed by atoms with Gasteiger partial charge in [0.1, 0.15) is 5.65 Å². The van der Waals surface area contributed by atoms with Crippen LogP contribution in [-0.4, -0.2) is 55.9 Å². The maximum absolute atomic E-state index is 12.2. The standard InChI is InChI=1S/C28H36N6O2/c1-6-25(35)33-15-14-32(24(18-33)19(3)4)17-21-8-10-22(11-9-21)20(5)30-28-29-16-23-12-13-26(36)34(7-2)27(23)31-28/h6,8-13,16,19-20,24H,1,7,14-15,17-18H2,2-5H3,(H,29,30,31)/t20-,24+/m0/s1. The summed E-state index contributed by atoms with van der Waals surface area (Å²) in [4.78, 5) is 37.7. The molecule has 1 amide bonds. The molecule has 2 atom stereocenters. The van der Waals surface area contributed by atoms with Gasteiger partial charge in [-0.1, -0.05) is 44.7 Å². The summed E-state index contributed by atoms with van der Waals surface area (Å²) in [5.41, 5.74) is 2.95. The first-order valence-corrected chi connectivity index (χ1v) is 12.7. The predicted octanol–water partition coefficient (Wildman–Crippen LogP) is 3.84. The van der Waals surface area contributed by atoms with Crippen LogP contribution in [0.25, 0.3) is 11.0 Å². The van der Waals surface area contributed by atoms with Crippen molar-refractivity contribution >= 4 is 22.9 Å². The molecule has 36 heavy (non-hydrogen) atoms. The lowest BCUT2D eigenvalue weighted by Gasteiger charge is -2.43. The minimum atomic E-state index is -0.0632. The SMILES string of the molecule is C=CC(=O)N1CCN(Cc2ccc([C@H](C)Nc3ncc4ccc(=O)n(CC)c4n3)cc2)[C@@H](C(C)C)C1. The molecular formula is C28H36N6O2. The zero-order chi connectivity index (χ0) is 25.8. The Morgan fingerprint density at radius 2 is 1.92 bits per heavy atom. The van der Waals surface area contributed by atoms with Gasteiger partial charge in [-0.15, -0.1) is 0 Å². The largest absolute Gasteiger partial charge is 0.348 e. The van der Waals surface area contributed by atoms with Crippen molar-refractivity contribution in [2.45, 2.75) is 52.9 Å². The van der Waals surface area contributed by atoms with Crippen LogP contribution >= 0.6 is 0 Å². The van der Waals surface area contributed by atoms with Gasteiger partial charge in [0.15, 0.2) is 0 Å². The molecule has 1 aliphatic rings. The Morgan fingerprint density at radius 1 is 1.17 bits per heavy atom. The van der Waals surface area contributed by atoms with Crippen molar-refractivity contribution in [2.24, 2.45) is 5.92 Å². The van der Waals surface area contributed by atoms with Crippen molar-refractivity contribution in [3.05, 3.63) is 76.7 Å². The molecule has 8 nitrogen and oxygen atoms in total. The normalized spacial score (nSPS) is 17.4. The summed E-state index contributed by atoms with van der Waals surface area (Å²) in [5, 5.41) is 4.21. The van der Waals surface area contributed by atoms with Crippen molar-refractivity contribution in [1.29, 1.82) is 0 Å². The average molecular weight is 489 g/mol. The van der Waals surface area contributed by atoms with Crippen LogP contribution in [0.3, 0.4) is 0 Å². The summed E-state index contributed by atoms with van der Waals surface area (Å²) in [5.74, 6) is 0.957. The Hall–Kier alpha value is -3.52. The topological polar surface area (TPSA) is 83.4 Å². The van der Waals surface area contributed by atoms with E-state index in [4.69, 9.17) is 0 Å². The number of aryl methyl sites for hydroxylation is 1. The number of benzene rings is 1. The summed E-state index contributed by atoms with van der Waals surface area (Å²) in [6.07, 6.45) is 3.16. The Labute approximate surface area is 212 Å². The van der Waals surface area contributed by atoms with Crippen LogP contribution < -0.4 is 10.9 Å². The molecular weight excluding hydrogens is 452 g/mol. The third kappa shape index (κ3) is 5.49. The third-order valence-corrected chi connectivity index (χ3v) is 7.04. The Balaban J connectivity index is 1.43. The second kappa shape index (κ2) is 11.0. The fraction of sp³-hybridized carbons (Fsp3) is 0.429. The number of carbonyl (C=O) groups excluding carboxylic acids is 1. The van der Waals surface area contributed by atoms with Crippen LogP contribution in [0.15, 0.2) is 60.0 Å². The van der Waals surface area contributed by atoms with Gasteiger partial charge in [0.25, 0.3) is 5.56 Å². The zero-order valence-corrected chi connectivity index (χ0v) is 21.6. The highest BCUT2D eigenvalue weighted by atomic mass is 16.2. The number of aromatic nitrogens is 3. The minimum absolute atomic E-state index is 0.00103. The van der Waals surface area contributed by atoms with Gasteiger partial charge < -0.3 is 10.2 Å². The third-order valence-electron chi connectivity index (χ3n) is 7.04. The fourth-order valence-corrected chi connectivity index (χ4v) is 4.88. The van der Waals surface area contributed by atoms with Crippen LogP contribution in [0.5, 0.6) is 0 Å². The molecule has 0 spiro atoms. The number of piperazine rings is 1. The Bertz CT molecular complexity index is 1280. The van der Waals surface area contributed by atoms with Crippen LogP contribution in [0.1, 0.15) is 44.9 Å². The summed E-state index contributed by atoms with van der Waals surface area (Å²) in [6, 6.07) is 12.2. The molecule has 0 aliphatic carbocycles. The molecule has 3 heterocycles. The number of nitrogens with zero attached hydrogens (tertiary/aromatic N) is 5. The second-order valence-electron chi connectivity index (χ2n) is 9.77. The molecule has 190 valence electrons. The van der Waals surface area contributed by atoms with E-state index in [0.29, 0.717) is 30.1 Å². The van der Waals surface area contributed by atoms with Crippen LogP contribution in [0.4, 0.5) is 5.95 Å². The molecule has 0 bridgehead atoms. The first kappa shape index (κ1) is 25.6. The highest BCUT2D eigenvalue weighted by Crippen LogP contribution is 2.23. The zero-order valence-electron chi connectivity index (χ0n) is 21.6. The van der Waals surface area contributed by atoms with Crippen LogP contribution in [-0.2, 0) is 17.9 Å². The summed E-state index contributed by atoms with van der Waals surface area (Å²) >= 11 is 0. The van der Waals surface area contributed by atoms with E-state index in [2.05, 4.69) is 71.8 Å². The molecule has 4 rings (SSSR count). The van der Waals surface area contributed by atoms with Gasteiger partial charge in [0.2, 0.25) is 11.9 Å². The quantitative estimate of drug-likeness (QED) is 0.485. The van der Waals surface area contributed by atoms with Crippen LogP contribution in [0, 0.1) is 5.92 Å². The molecule has 1 fully saturated rings. The monoisotopic (exact) mass is 488 g/mol. The van der Waals surface area contributed by atoms with E-state index < -0.39 is 0 Å². The maximum Gasteiger partial charge on any atom is 0.252 e. The van der Waals surface area contributed by atoms with E-state index in [1.807, 2.05) is 11.8 Å². The van der Waals surface area contributed by atoms with Gasteiger partial charge in [-0.05, 0) is 43.0 Å². The molecule has 0 unspecified atom stereocenters. The van der Waals surface area contributed by atoms with E-state index >= 15 is 0 Å². The Kier molecular flexibility index (Phi) is 7.84.